The third-order valence-electron chi connectivity index (χ3n) is 3.92. The Labute approximate surface area is 150 Å². The van der Waals surface area contributed by atoms with Gasteiger partial charge in [-0.3, -0.25) is 19.2 Å². The fourth-order valence-electron chi connectivity index (χ4n) is 2.60. The predicted octanol–water partition coefficient (Wildman–Crippen LogP) is 0.118. The summed E-state index contributed by atoms with van der Waals surface area (Å²) in [4.78, 5) is 46.4. The highest BCUT2D eigenvalue weighted by molar-refractivity contribution is 5.94. The molecule has 0 unspecified atom stereocenters. The van der Waals surface area contributed by atoms with Crippen molar-refractivity contribution in [2.45, 2.75) is 38.1 Å². The molecule has 0 saturated heterocycles. The van der Waals surface area contributed by atoms with Crippen LogP contribution < -0.4 is 16.0 Å². The lowest BCUT2D eigenvalue weighted by atomic mass is 9.95. The third kappa shape index (κ3) is 6.96. The number of amides is 3. The van der Waals surface area contributed by atoms with Crippen molar-refractivity contribution in [3.05, 3.63) is 24.2 Å². The first-order valence-corrected chi connectivity index (χ1v) is 8.58. The van der Waals surface area contributed by atoms with Gasteiger partial charge in [-0.2, -0.15) is 0 Å². The molecular weight excluding hydrogens is 342 g/mol. The summed E-state index contributed by atoms with van der Waals surface area (Å²) in [6.07, 6.45) is 6.60. The second-order valence-corrected chi connectivity index (χ2v) is 6.00. The number of carbonyl (C=O) groups is 4. The number of rotatable bonds is 8. The fraction of sp³-hybridized carbons (Fsp3) is 0.529. The van der Waals surface area contributed by atoms with Crippen molar-refractivity contribution in [2.24, 2.45) is 0 Å². The van der Waals surface area contributed by atoms with Crippen LogP contribution in [0, 0.1) is 0 Å². The summed E-state index contributed by atoms with van der Waals surface area (Å²) in [5.74, 6) is -2.08. The number of ether oxygens (including phenoxy) is 1. The molecule has 0 spiro atoms. The van der Waals surface area contributed by atoms with Crippen molar-refractivity contribution >= 4 is 23.7 Å². The van der Waals surface area contributed by atoms with E-state index in [4.69, 9.17) is 9.15 Å². The predicted molar refractivity (Wildman–Crippen MR) is 90.0 cm³/mol. The highest BCUT2D eigenvalue weighted by Gasteiger charge is 2.17. The summed E-state index contributed by atoms with van der Waals surface area (Å²) < 4.78 is 9.69. The molecular formula is C17H23N3O6. The molecule has 142 valence electrons. The molecule has 1 aliphatic carbocycles. The van der Waals surface area contributed by atoms with Gasteiger partial charge in [-0.15, -0.1) is 0 Å². The van der Waals surface area contributed by atoms with Crippen LogP contribution >= 0.6 is 0 Å². The van der Waals surface area contributed by atoms with Crippen LogP contribution in [0.3, 0.4) is 0 Å². The Kier molecular flexibility index (Phi) is 7.66. The van der Waals surface area contributed by atoms with Gasteiger partial charge in [-0.25, -0.2) is 0 Å². The van der Waals surface area contributed by atoms with Gasteiger partial charge in [-0.05, 0) is 25.0 Å². The Morgan fingerprint density at radius 3 is 2.50 bits per heavy atom. The lowest BCUT2D eigenvalue weighted by Crippen LogP contribution is -2.41. The molecule has 9 nitrogen and oxygen atoms in total. The number of hydrogen-bond acceptors (Lipinski definition) is 6. The van der Waals surface area contributed by atoms with E-state index < -0.39 is 17.8 Å². The van der Waals surface area contributed by atoms with Gasteiger partial charge in [-0.1, -0.05) is 19.3 Å². The van der Waals surface area contributed by atoms with Crippen molar-refractivity contribution in [3.63, 3.8) is 0 Å². The molecule has 3 N–H and O–H groups in total. The maximum absolute atomic E-state index is 11.7. The molecule has 3 amide bonds. The molecule has 1 aliphatic rings. The summed E-state index contributed by atoms with van der Waals surface area (Å²) >= 11 is 0. The molecule has 1 aromatic rings. The Morgan fingerprint density at radius 1 is 1.04 bits per heavy atom. The zero-order chi connectivity index (χ0) is 18.8. The van der Waals surface area contributed by atoms with Crippen LogP contribution in [0.25, 0.3) is 0 Å². The van der Waals surface area contributed by atoms with Crippen LogP contribution in [-0.4, -0.2) is 49.4 Å². The first-order chi connectivity index (χ1) is 12.5. The van der Waals surface area contributed by atoms with E-state index in [-0.39, 0.29) is 37.4 Å². The summed E-state index contributed by atoms with van der Waals surface area (Å²) in [5.41, 5.74) is 0. The molecule has 1 fully saturated rings. The van der Waals surface area contributed by atoms with Crippen LogP contribution in [0.4, 0.5) is 0 Å². The minimum atomic E-state index is -0.727. The van der Waals surface area contributed by atoms with Crippen LogP contribution in [0.15, 0.2) is 22.8 Å². The fourth-order valence-corrected chi connectivity index (χ4v) is 2.60. The average molecular weight is 365 g/mol. The van der Waals surface area contributed by atoms with E-state index in [0.29, 0.717) is 0 Å². The minimum absolute atomic E-state index is 0.0844. The second kappa shape index (κ2) is 10.2. The van der Waals surface area contributed by atoms with Crippen LogP contribution in [-0.2, 0) is 19.1 Å². The smallest absolute Gasteiger partial charge is 0.325 e. The first-order valence-electron chi connectivity index (χ1n) is 8.58. The van der Waals surface area contributed by atoms with E-state index in [1.165, 1.54) is 18.8 Å². The molecule has 0 aromatic carbocycles. The van der Waals surface area contributed by atoms with E-state index in [1.54, 1.807) is 6.07 Å². The van der Waals surface area contributed by atoms with Crippen molar-refractivity contribution in [3.8, 4) is 0 Å². The number of hydrogen-bond donors (Lipinski definition) is 3. The van der Waals surface area contributed by atoms with Gasteiger partial charge in [0.05, 0.1) is 12.8 Å². The SMILES string of the molecule is O=C(CNC(=O)c1ccco1)NCC(=O)OCC(=O)NC1CCCCC1. The van der Waals surface area contributed by atoms with Crippen LogP contribution in [0.2, 0.25) is 0 Å². The molecule has 1 aromatic heterocycles. The number of carbonyl (C=O) groups excluding carboxylic acids is 4. The van der Waals surface area contributed by atoms with Gasteiger partial charge in [0, 0.05) is 6.04 Å². The van der Waals surface area contributed by atoms with E-state index in [9.17, 15) is 19.2 Å². The summed E-state index contributed by atoms with van der Waals surface area (Å²) in [5, 5.41) is 7.47. The zero-order valence-electron chi connectivity index (χ0n) is 14.4. The maximum atomic E-state index is 11.7. The minimum Gasteiger partial charge on any atom is -0.459 e. The Morgan fingerprint density at radius 2 is 1.81 bits per heavy atom. The largest absolute Gasteiger partial charge is 0.459 e. The standard InChI is InChI=1S/C17H23N3O6/c21-14(9-19-17(24)13-7-4-8-25-13)18-10-16(23)26-11-15(22)20-12-5-2-1-3-6-12/h4,7-8,12H,1-3,5-6,9-11H2,(H,18,21)(H,19,24)(H,20,22). The summed E-state index contributed by atoms with van der Waals surface area (Å²) in [6.45, 7) is -1.07. The van der Waals surface area contributed by atoms with E-state index >= 15 is 0 Å². The zero-order valence-corrected chi connectivity index (χ0v) is 14.4. The molecule has 26 heavy (non-hydrogen) atoms. The van der Waals surface area contributed by atoms with E-state index in [0.717, 1.165) is 25.7 Å². The van der Waals surface area contributed by atoms with Gasteiger partial charge in [0.1, 0.15) is 6.54 Å². The normalized spacial score (nSPS) is 14.3. The Bertz CT molecular complexity index is 622. The third-order valence-corrected chi connectivity index (χ3v) is 3.92. The molecule has 0 atom stereocenters. The van der Waals surface area contributed by atoms with Crippen LogP contribution in [0.5, 0.6) is 0 Å². The highest BCUT2D eigenvalue weighted by Crippen LogP contribution is 2.17. The van der Waals surface area contributed by atoms with Gasteiger partial charge >= 0.3 is 5.97 Å². The topological polar surface area (TPSA) is 127 Å². The lowest BCUT2D eigenvalue weighted by molar-refractivity contribution is -0.148. The van der Waals surface area contributed by atoms with Crippen molar-refractivity contribution in [1.82, 2.24) is 16.0 Å². The molecule has 0 bridgehead atoms. The summed E-state index contributed by atoms with van der Waals surface area (Å²) in [7, 11) is 0. The maximum Gasteiger partial charge on any atom is 0.325 e. The quantitative estimate of drug-likeness (QED) is 0.562. The first kappa shape index (κ1) is 19.5. The second-order valence-electron chi connectivity index (χ2n) is 6.00. The molecule has 1 heterocycles. The molecule has 0 radical (unpaired) electrons. The number of nitrogens with one attached hydrogen (secondary N) is 3. The Balaban J connectivity index is 1.55. The van der Waals surface area contributed by atoms with Gasteiger partial charge in [0.25, 0.3) is 11.8 Å². The highest BCUT2D eigenvalue weighted by atomic mass is 16.5. The van der Waals surface area contributed by atoms with Gasteiger partial charge in [0.2, 0.25) is 5.91 Å². The van der Waals surface area contributed by atoms with Crippen molar-refractivity contribution < 1.29 is 28.3 Å². The van der Waals surface area contributed by atoms with Crippen molar-refractivity contribution in [1.29, 1.82) is 0 Å². The number of furan rings is 1. The number of esters is 1. The molecule has 9 heteroatoms. The lowest BCUT2D eigenvalue weighted by Gasteiger charge is -2.22. The molecule has 2 rings (SSSR count). The van der Waals surface area contributed by atoms with E-state index in [2.05, 4.69) is 16.0 Å². The average Bonchev–Trinajstić information content (AvgIpc) is 3.18. The summed E-state index contributed by atoms with van der Waals surface area (Å²) in [6, 6.07) is 3.16. The van der Waals surface area contributed by atoms with Gasteiger partial charge in [0.15, 0.2) is 12.4 Å². The van der Waals surface area contributed by atoms with E-state index in [1.807, 2.05) is 0 Å². The molecule has 0 aliphatic heterocycles. The van der Waals surface area contributed by atoms with Crippen LogP contribution in [0.1, 0.15) is 42.7 Å². The monoisotopic (exact) mass is 365 g/mol. The molecule has 1 saturated carbocycles. The Hall–Kier alpha value is -2.84. The van der Waals surface area contributed by atoms with Crippen molar-refractivity contribution in [2.75, 3.05) is 19.7 Å². The van der Waals surface area contributed by atoms with Gasteiger partial charge < -0.3 is 25.1 Å².